The number of hydrogen-bond acceptors (Lipinski definition) is 5. The van der Waals surface area contributed by atoms with Crippen LogP contribution in [0.25, 0.3) is 0 Å². The number of aliphatic hydroxyl groups excluding tert-OH is 2. The molecule has 6 heteroatoms. The van der Waals surface area contributed by atoms with E-state index in [9.17, 15) is 19.8 Å². The highest BCUT2D eigenvalue weighted by Crippen LogP contribution is 2.17. The largest absolute Gasteiger partial charge is 0.462 e. The fraction of sp³-hybridized carbons (Fsp3) is 0.655. The van der Waals surface area contributed by atoms with Crippen LogP contribution in [0.5, 0.6) is 0 Å². The second-order valence-corrected chi connectivity index (χ2v) is 17.4. The molecule has 1 amide bonds. The molecule has 0 aromatic carbocycles. The summed E-state index contributed by atoms with van der Waals surface area (Å²) < 4.78 is 5.90. The van der Waals surface area contributed by atoms with Gasteiger partial charge in [-0.1, -0.05) is 246 Å². The van der Waals surface area contributed by atoms with E-state index in [2.05, 4.69) is 74.7 Å². The lowest BCUT2D eigenvalue weighted by Crippen LogP contribution is -2.46. The normalized spacial score (nSPS) is 14.1. The first-order chi connectivity index (χ1) is 31.5. The summed E-state index contributed by atoms with van der Waals surface area (Å²) in [6.45, 7) is 6.28. The molecule has 0 aliphatic carbocycles. The molecule has 0 rings (SSSR count). The number of unbranched alkanes of at least 4 members (excludes halogenated alkanes) is 22. The van der Waals surface area contributed by atoms with Crippen LogP contribution >= 0.6 is 0 Å². The summed E-state index contributed by atoms with van der Waals surface area (Å²) in [7, 11) is 0. The second-order valence-electron chi connectivity index (χ2n) is 17.4. The van der Waals surface area contributed by atoms with Crippen molar-refractivity contribution in [1.82, 2.24) is 5.32 Å². The molecule has 0 aromatic heterocycles. The van der Waals surface area contributed by atoms with Crippen molar-refractivity contribution >= 4 is 11.9 Å². The van der Waals surface area contributed by atoms with E-state index >= 15 is 0 Å². The van der Waals surface area contributed by atoms with Crippen molar-refractivity contribution in [2.45, 2.75) is 238 Å². The van der Waals surface area contributed by atoms with Crippen LogP contribution in [0.2, 0.25) is 0 Å². The van der Waals surface area contributed by atoms with Crippen LogP contribution < -0.4 is 5.32 Å². The zero-order valence-corrected chi connectivity index (χ0v) is 41.4. The summed E-state index contributed by atoms with van der Waals surface area (Å²) >= 11 is 0. The Kier molecular flexibility index (Phi) is 47.8. The van der Waals surface area contributed by atoms with E-state index in [1.165, 1.54) is 89.9 Å². The quantitative estimate of drug-likeness (QED) is 0.0322. The van der Waals surface area contributed by atoms with E-state index in [0.717, 1.165) is 83.5 Å². The molecule has 364 valence electrons. The summed E-state index contributed by atoms with van der Waals surface area (Å²) in [5, 5.41) is 23.8. The van der Waals surface area contributed by atoms with Gasteiger partial charge in [0.15, 0.2) is 0 Å². The molecule has 0 aliphatic rings. The molecule has 3 N–H and O–H groups in total. The number of allylic oxidation sites excluding steroid dienone is 18. The Balaban J connectivity index is 4.77. The first kappa shape index (κ1) is 60.5. The van der Waals surface area contributed by atoms with Gasteiger partial charge in [-0.3, -0.25) is 9.59 Å². The predicted octanol–water partition coefficient (Wildman–Crippen LogP) is 15.9. The third kappa shape index (κ3) is 45.1. The van der Waals surface area contributed by atoms with Gasteiger partial charge in [0.1, 0.15) is 6.10 Å². The molecule has 0 fully saturated rings. The van der Waals surface area contributed by atoms with E-state index < -0.39 is 18.2 Å². The summed E-state index contributed by atoms with van der Waals surface area (Å²) in [5.41, 5.74) is 0. The highest BCUT2D eigenvalue weighted by Gasteiger charge is 2.24. The predicted molar refractivity (Wildman–Crippen MR) is 277 cm³/mol. The molecular weight excluding hydrogens is 791 g/mol. The SMILES string of the molecule is CC/C=C/C=C/C=C\C=C/C=C/CCCCCC(=O)OC(CCCCC/C=C/C=C/C=C/C=C/CCCCC)CC(=O)NC(CO)C(O)CCCCCCCCCCCCCCCC. The van der Waals surface area contributed by atoms with E-state index in [1.807, 2.05) is 60.8 Å². The molecule has 3 atom stereocenters. The van der Waals surface area contributed by atoms with Gasteiger partial charge in [-0.25, -0.2) is 0 Å². The van der Waals surface area contributed by atoms with Crippen molar-refractivity contribution in [1.29, 1.82) is 0 Å². The Morgan fingerprint density at radius 3 is 1.31 bits per heavy atom. The van der Waals surface area contributed by atoms with E-state index in [0.29, 0.717) is 19.3 Å². The molecule has 3 unspecified atom stereocenters. The summed E-state index contributed by atoms with van der Waals surface area (Å²) in [4.78, 5) is 26.2. The number of esters is 1. The van der Waals surface area contributed by atoms with Crippen LogP contribution in [0.3, 0.4) is 0 Å². The third-order valence-corrected chi connectivity index (χ3v) is 11.3. The highest BCUT2D eigenvalue weighted by molar-refractivity contribution is 5.77. The second kappa shape index (κ2) is 50.5. The Bertz CT molecular complexity index is 1320. The number of ether oxygens (including phenoxy) is 1. The number of carbonyl (C=O) groups excluding carboxylic acids is 2. The lowest BCUT2D eigenvalue weighted by molar-refractivity contribution is -0.151. The number of nitrogens with one attached hydrogen (secondary N) is 1. The number of aliphatic hydroxyl groups is 2. The first-order valence-electron chi connectivity index (χ1n) is 26.2. The Morgan fingerprint density at radius 1 is 0.469 bits per heavy atom. The molecule has 0 aromatic rings. The minimum Gasteiger partial charge on any atom is -0.462 e. The lowest BCUT2D eigenvalue weighted by atomic mass is 10.0. The topological polar surface area (TPSA) is 95.9 Å². The van der Waals surface area contributed by atoms with Crippen molar-refractivity contribution < 1.29 is 24.5 Å². The van der Waals surface area contributed by atoms with Gasteiger partial charge < -0.3 is 20.3 Å². The van der Waals surface area contributed by atoms with Crippen LogP contribution in [0.4, 0.5) is 0 Å². The van der Waals surface area contributed by atoms with Crippen molar-refractivity contribution in [3.63, 3.8) is 0 Å². The van der Waals surface area contributed by atoms with Crippen molar-refractivity contribution in [2.24, 2.45) is 0 Å². The van der Waals surface area contributed by atoms with Crippen LogP contribution in [-0.2, 0) is 14.3 Å². The van der Waals surface area contributed by atoms with Crippen molar-refractivity contribution in [3.05, 3.63) is 109 Å². The third-order valence-electron chi connectivity index (χ3n) is 11.3. The van der Waals surface area contributed by atoms with Crippen molar-refractivity contribution in [3.8, 4) is 0 Å². The fourth-order valence-corrected chi connectivity index (χ4v) is 7.34. The highest BCUT2D eigenvalue weighted by atomic mass is 16.5. The molecule has 0 heterocycles. The zero-order valence-electron chi connectivity index (χ0n) is 41.4. The first-order valence-corrected chi connectivity index (χ1v) is 26.2. The Morgan fingerprint density at radius 2 is 0.844 bits per heavy atom. The minimum absolute atomic E-state index is 0.0274. The number of hydrogen-bond donors (Lipinski definition) is 3. The summed E-state index contributed by atoms with van der Waals surface area (Å²) in [5.74, 6) is -0.570. The Hall–Kier alpha value is -3.48. The Labute approximate surface area is 394 Å². The van der Waals surface area contributed by atoms with Gasteiger partial charge in [-0.2, -0.15) is 0 Å². The van der Waals surface area contributed by atoms with E-state index in [-0.39, 0.29) is 24.9 Å². The van der Waals surface area contributed by atoms with E-state index in [4.69, 9.17) is 4.74 Å². The van der Waals surface area contributed by atoms with Crippen LogP contribution in [0.15, 0.2) is 109 Å². The standard InChI is InChI=1S/C58H97NO5/c1-4-7-10-13-16-19-22-25-28-30-31-34-37-40-43-46-49-54(64-58(63)51-48-45-42-39-36-33-29-26-23-20-17-14-11-8-5-2)52-57(62)59-55(53-60)56(61)50-47-44-41-38-35-32-27-24-21-18-15-12-9-6-3/h8,11,14,16-17,19-20,22-23,25-26,28-31,33-34,36,54-56,60-61H,4-7,9-10,12-13,15,18,21,24,27,32,35,37-53H2,1-3H3,(H,59,62)/b11-8+,17-14+,19-16+,23-20-,25-22+,29-26-,30-28+,34-31+,36-33+. The summed E-state index contributed by atoms with van der Waals surface area (Å²) in [6.07, 6.45) is 68.5. The molecule has 0 saturated heterocycles. The van der Waals surface area contributed by atoms with Gasteiger partial charge in [-0.05, 0) is 70.6 Å². The number of carbonyl (C=O) groups is 2. The molecule has 0 aliphatic heterocycles. The van der Waals surface area contributed by atoms with Gasteiger partial charge in [-0.15, -0.1) is 0 Å². The molecule has 0 saturated carbocycles. The van der Waals surface area contributed by atoms with Gasteiger partial charge in [0.2, 0.25) is 5.91 Å². The molecular formula is C58H97NO5. The van der Waals surface area contributed by atoms with Crippen LogP contribution in [-0.4, -0.2) is 46.9 Å². The van der Waals surface area contributed by atoms with Crippen LogP contribution in [0.1, 0.15) is 220 Å². The molecule has 0 spiro atoms. The minimum atomic E-state index is -0.813. The van der Waals surface area contributed by atoms with Gasteiger partial charge in [0.05, 0.1) is 25.2 Å². The van der Waals surface area contributed by atoms with Gasteiger partial charge in [0.25, 0.3) is 0 Å². The lowest BCUT2D eigenvalue weighted by Gasteiger charge is -2.24. The fourth-order valence-electron chi connectivity index (χ4n) is 7.34. The molecule has 0 bridgehead atoms. The van der Waals surface area contributed by atoms with Gasteiger partial charge >= 0.3 is 5.97 Å². The van der Waals surface area contributed by atoms with Crippen LogP contribution in [0, 0.1) is 0 Å². The maximum absolute atomic E-state index is 13.2. The average molecular weight is 888 g/mol. The zero-order chi connectivity index (χ0) is 46.7. The number of amides is 1. The average Bonchev–Trinajstić information content (AvgIpc) is 3.29. The van der Waals surface area contributed by atoms with Gasteiger partial charge in [0, 0.05) is 6.42 Å². The van der Waals surface area contributed by atoms with E-state index in [1.54, 1.807) is 0 Å². The molecule has 64 heavy (non-hydrogen) atoms. The van der Waals surface area contributed by atoms with Crippen molar-refractivity contribution in [2.75, 3.05) is 6.61 Å². The maximum atomic E-state index is 13.2. The smallest absolute Gasteiger partial charge is 0.306 e. The summed E-state index contributed by atoms with van der Waals surface area (Å²) in [6, 6.07) is -0.731. The number of rotatable bonds is 45. The maximum Gasteiger partial charge on any atom is 0.306 e. The monoisotopic (exact) mass is 888 g/mol. The molecule has 6 nitrogen and oxygen atoms in total. The molecule has 0 radical (unpaired) electrons.